The summed E-state index contributed by atoms with van der Waals surface area (Å²) < 4.78 is 17.4. The fourth-order valence-corrected chi connectivity index (χ4v) is 4.91. The van der Waals surface area contributed by atoms with Crippen LogP contribution in [0.3, 0.4) is 0 Å². The van der Waals surface area contributed by atoms with Crippen molar-refractivity contribution in [3.8, 4) is 17.2 Å². The van der Waals surface area contributed by atoms with Gasteiger partial charge in [-0.25, -0.2) is 9.78 Å². The first-order valence-corrected chi connectivity index (χ1v) is 13.5. The van der Waals surface area contributed by atoms with Crippen molar-refractivity contribution in [1.82, 2.24) is 9.88 Å². The number of esters is 1. The number of ether oxygens (including phenoxy) is 2. The number of oxazole rings is 1. The lowest BCUT2D eigenvalue weighted by molar-refractivity contribution is -0.138. The van der Waals surface area contributed by atoms with Gasteiger partial charge in [-0.3, -0.25) is 4.90 Å². The van der Waals surface area contributed by atoms with Crippen LogP contribution in [0.1, 0.15) is 35.9 Å². The molecule has 0 radical (unpaired) electrons. The third-order valence-electron chi connectivity index (χ3n) is 6.90. The van der Waals surface area contributed by atoms with Crippen molar-refractivity contribution in [2.75, 3.05) is 26.3 Å². The highest BCUT2D eigenvalue weighted by atomic mass is 16.5. The zero-order valence-corrected chi connectivity index (χ0v) is 22.6. The predicted molar refractivity (Wildman–Crippen MR) is 152 cm³/mol. The second kappa shape index (κ2) is 12.6. The van der Waals surface area contributed by atoms with Crippen molar-refractivity contribution in [3.05, 3.63) is 113 Å². The molecular weight excluding hydrogens is 488 g/mol. The molecule has 0 unspecified atom stereocenters. The molecule has 6 nitrogen and oxygen atoms in total. The monoisotopic (exact) mass is 522 g/mol. The third-order valence-corrected chi connectivity index (χ3v) is 6.90. The van der Waals surface area contributed by atoms with E-state index >= 15 is 0 Å². The highest BCUT2D eigenvalue weighted by Crippen LogP contribution is 2.31. The minimum absolute atomic E-state index is 0.228. The van der Waals surface area contributed by atoms with Gasteiger partial charge in [0.15, 0.2) is 0 Å². The molecule has 0 amide bonds. The maximum absolute atomic E-state index is 12.9. The fourth-order valence-electron chi connectivity index (χ4n) is 4.91. The molecule has 1 aromatic heterocycles. The minimum Gasteiger partial charge on any atom is -0.493 e. The molecule has 0 fully saturated rings. The maximum Gasteiger partial charge on any atom is 0.334 e. The number of aromatic nitrogens is 1. The molecule has 0 saturated carbocycles. The van der Waals surface area contributed by atoms with Gasteiger partial charge in [0.1, 0.15) is 11.5 Å². The number of aryl methyl sites for hydroxylation is 1. The molecule has 6 heteroatoms. The smallest absolute Gasteiger partial charge is 0.334 e. The molecule has 1 aliphatic heterocycles. The first-order valence-electron chi connectivity index (χ1n) is 13.5. The summed E-state index contributed by atoms with van der Waals surface area (Å²) in [6.07, 6.45) is 1.29. The summed E-state index contributed by atoms with van der Waals surface area (Å²) >= 11 is 0. The molecule has 5 rings (SSSR count). The summed E-state index contributed by atoms with van der Waals surface area (Å²) in [4.78, 5) is 19.9. The lowest BCUT2D eigenvalue weighted by Gasteiger charge is -2.30. The topological polar surface area (TPSA) is 64.8 Å². The third kappa shape index (κ3) is 6.65. The molecule has 0 atom stereocenters. The van der Waals surface area contributed by atoms with E-state index in [0.717, 1.165) is 52.6 Å². The van der Waals surface area contributed by atoms with E-state index in [1.165, 1.54) is 5.56 Å². The minimum atomic E-state index is -0.228. The van der Waals surface area contributed by atoms with Gasteiger partial charge in [-0.2, -0.15) is 0 Å². The molecule has 1 aliphatic rings. The van der Waals surface area contributed by atoms with Gasteiger partial charge < -0.3 is 13.9 Å². The van der Waals surface area contributed by atoms with Crippen LogP contribution in [0.4, 0.5) is 0 Å². The largest absolute Gasteiger partial charge is 0.493 e. The van der Waals surface area contributed by atoms with Crippen LogP contribution in [0.5, 0.6) is 5.75 Å². The van der Waals surface area contributed by atoms with Gasteiger partial charge in [0.25, 0.3) is 0 Å². The summed E-state index contributed by atoms with van der Waals surface area (Å²) in [5, 5.41) is 0. The van der Waals surface area contributed by atoms with Crippen LogP contribution >= 0.6 is 0 Å². The first kappa shape index (κ1) is 26.4. The van der Waals surface area contributed by atoms with E-state index in [4.69, 9.17) is 13.9 Å². The van der Waals surface area contributed by atoms with Crippen LogP contribution in [0, 0.1) is 6.92 Å². The maximum atomic E-state index is 12.9. The highest BCUT2D eigenvalue weighted by molar-refractivity contribution is 5.98. The predicted octanol–water partition coefficient (Wildman–Crippen LogP) is 6.49. The van der Waals surface area contributed by atoms with E-state index in [-0.39, 0.29) is 5.97 Å². The number of hydrogen-bond acceptors (Lipinski definition) is 6. The summed E-state index contributed by atoms with van der Waals surface area (Å²) in [5.41, 5.74) is 5.84. The average molecular weight is 523 g/mol. The number of benzene rings is 3. The van der Waals surface area contributed by atoms with Gasteiger partial charge >= 0.3 is 5.97 Å². The van der Waals surface area contributed by atoms with Crippen LogP contribution < -0.4 is 4.74 Å². The Morgan fingerprint density at radius 3 is 2.49 bits per heavy atom. The average Bonchev–Trinajstić information content (AvgIpc) is 3.34. The zero-order chi connectivity index (χ0) is 27.0. The number of carbonyl (C=O) groups is 1. The van der Waals surface area contributed by atoms with Crippen LogP contribution in [-0.4, -0.2) is 42.2 Å². The summed E-state index contributed by atoms with van der Waals surface area (Å²) in [6, 6.07) is 28.3. The number of carbonyl (C=O) groups excluding carboxylic acids is 1. The first-order chi connectivity index (χ1) is 19.1. The summed E-state index contributed by atoms with van der Waals surface area (Å²) in [7, 11) is 0. The van der Waals surface area contributed by atoms with Crippen LogP contribution in [0.25, 0.3) is 17.0 Å². The number of hydrogen-bond donors (Lipinski definition) is 0. The van der Waals surface area contributed by atoms with E-state index in [0.29, 0.717) is 38.5 Å². The van der Waals surface area contributed by atoms with Gasteiger partial charge in [0.05, 0.1) is 18.9 Å². The molecule has 200 valence electrons. The van der Waals surface area contributed by atoms with Crippen molar-refractivity contribution >= 4 is 11.5 Å². The molecule has 2 heterocycles. The van der Waals surface area contributed by atoms with Crippen molar-refractivity contribution < 1.29 is 18.7 Å². The van der Waals surface area contributed by atoms with Gasteiger partial charge in [-0.05, 0) is 61.2 Å². The fraction of sp³-hybridized carbons (Fsp3) is 0.273. The molecule has 0 aliphatic carbocycles. The Labute approximate surface area is 229 Å². The second-order valence-corrected chi connectivity index (χ2v) is 9.64. The van der Waals surface area contributed by atoms with Crippen molar-refractivity contribution in [2.45, 2.75) is 33.2 Å². The lowest BCUT2D eigenvalue weighted by atomic mass is 9.93. The van der Waals surface area contributed by atoms with Gasteiger partial charge in [0.2, 0.25) is 5.89 Å². The van der Waals surface area contributed by atoms with E-state index in [1.807, 2.05) is 74.5 Å². The molecule has 0 saturated heterocycles. The molecule has 39 heavy (non-hydrogen) atoms. The summed E-state index contributed by atoms with van der Waals surface area (Å²) in [5.74, 6) is 1.96. The Kier molecular flexibility index (Phi) is 8.54. The van der Waals surface area contributed by atoms with Crippen molar-refractivity contribution in [1.29, 1.82) is 0 Å². The Hall–Kier alpha value is -4.16. The molecule has 0 spiro atoms. The quantitative estimate of drug-likeness (QED) is 0.222. The molecule has 0 N–H and O–H groups in total. The van der Waals surface area contributed by atoms with Crippen molar-refractivity contribution in [2.24, 2.45) is 0 Å². The highest BCUT2D eigenvalue weighted by Gasteiger charge is 2.25. The van der Waals surface area contributed by atoms with E-state index in [2.05, 4.69) is 34.1 Å². The Morgan fingerprint density at radius 1 is 0.974 bits per heavy atom. The van der Waals surface area contributed by atoms with Crippen molar-refractivity contribution in [3.63, 3.8) is 0 Å². The number of rotatable bonds is 10. The molecule has 0 bridgehead atoms. The van der Waals surface area contributed by atoms with Gasteiger partial charge in [-0.15, -0.1) is 0 Å². The Bertz CT molecular complexity index is 1430. The van der Waals surface area contributed by atoms with Gasteiger partial charge in [-0.1, -0.05) is 60.7 Å². The molecule has 4 aromatic rings. The van der Waals surface area contributed by atoms with E-state index in [1.54, 1.807) is 0 Å². The van der Waals surface area contributed by atoms with Gasteiger partial charge in [0, 0.05) is 37.2 Å². The second-order valence-electron chi connectivity index (χ2n) is 9.64. The Balaban J connectivity index is 1.29. The molecular formula is C33H34N2O4. The normalized spacial score (nSPS) is 13.9. The van der Waals surface area contributed by atoms with Crippen LogP contribution in [0.2, 0.25) is 0 Å². The number of nitrogens with zero attached hydrogens (tertiary/aromatic N) is 2. The lowest BCUT2D eigenvalue weighted by Crippen LogP contribution is -2.33. The zero-order valence-electron chi connectivity index (χ0n) is 22.6. The Morgan fingerprint density at radius 2 is 1.72 bits per heavy atom. The van der Waals surface area contributed by atoms with E-state index < -0.39 is 0 Å². The van der Waals surface area contributed by atoms with E-state index in [9.17, 15) is 4.79 Å². The van der Waals surface area contributed by atoms with Crippen LogP contribution in [-0.2, 0) is 22.5 Å². The summed E-state index contributed by atoms with van der Waals surface area (Å²) in [6.45, 7) is 6.92. The SMILES string of the molecule is CCOC(=O)C1=C(c2cccc(OCCc3nc(-c4ccccc4)oc3C)c2)CN(Cc2ccccc2)CC1. The van der Waals surface area contributed by atoms with Crippen LogP contribution in [0.15, 0.2) is 94.9 Å². The standard InChI is InChI=1S/C33H34N2O4/c1-3-37-33(36)29-17-19-35(22-25-11-6-4-7-12-25)23-30(29)27-15-10-16-28(21-27)38-20-18-31-24(2)39-32(34-31)26-13-8-5-9-14-26/h4-16,21H,3,17-20,22-23H2,1-2H3. The molecule has 3 aromatic carbocycles.